The molecule has 1 aromatic rings. The molecule has 2 saturated heterocycles. The van der Waals surface area contributed by atoms with Crippen molar-refractivity contribution in [3.8, 4) is 0 Å². The molecule has 0 saturated carbocycles. The standard InChI is InChI=1S/C32H39N3O2/c1-22-16-28(12-14-36-20-22)31-17-23(2)29-10-8-26(27-7-5-6-25(18-27)19-33-4)9-11-30(29)32(34-31)35-13-15-37-21-24(35)3/h5-9,11,17-18,22,24,28,33H,2,12-16,19-21H2,1,3-4H3/t22-,24+,28?/m1/s1. The molecule has 3 heterocycles. The topological polar surface area (TPSA) is 46.1 Å². The highest BCUT2D eigenvalue weighted by atomic mass is 16.5. The SMILES string of the molecule is C=C1C=C(C2CCOC[C@H](C)C2)N=C(N2CCOC[C@@H]2C)C2=CC=C(c3cccc(CNC)c3)C=C=C12. The summed E-state index contributed by atoms with van der Waals surface area (Å²) in [6.07, 6.45) is 10.8. The molecule has 5 rings (SSSR count). The zero-order chi connectivity index (χ0) is 25.8. The first-order valence-corrected chi connectivity index (χ1v) is 13.6. The molecule has 1 aliphatic carbocycles. The molecule has 0 bridgehead atoms. The van der Waals surface area contributed by atoms with Gasteiger partial charge < -0.3 is 19.7 Å². The van der Waals surface area contributed by atoms with E-state index in [4.69, 9.17) is 14.5 Å². The highest BCUT2D eigenvalue weighted by molar-refractivity contribution is 6.06. The van der Waals surface area contributed by atoms with Gasteiger partial charge in [-0.15, -0.1) is 5.73 Å². The first kappa shape index (κ1) is 25.7. The van der Waals surface area contributed by atoms with Gasteiger partial charge in [-0.2, -0.15) is 0 Å². The van der Waals surface area contributed by atoms with Gasteiger partial charge in [-0.25, -0.2) is 4.99 Å². The highest BCUT2D eigenvalue weighted by Gasteiger charge is 2.31. The third kappa shape index (κ3) is 5.81. The van der Waals surface area contributed by atoms with Gasteiger partial charge in [0.2, 0.25) is 0 Å². The lowest BCUT2D eigenvalue weighted by Crippen LogP contribution is -2.48. The summed E-state index contributed by atoms with van der Waals surface area (Å²) in [6, 6.07) is 8.92. The fourth-order valence-electron chi connectivity index (χ4n) is 5.61. The second kappa shape index (κ2) is 11.6. The summed E-state index contributed by atoms with van der Waals surface area (Å²) < 4.78 is 11.6. The number of hydrogen-bond donors (Lipinski definition) is 1. The zero-order valence-corrected chi connectivity index (χ0v) is 22.4. The molecule has 1 N–H and O–H groups in total. The van der Waals surface area contributed by atoms with Crippen LogP contribution in [0.5, 0.6) is 0 Å². The van der Waals surface area contributed by atoms with Crippen LogP contribution in [-0.2, 0) is 16.0 Å². The van der Waals surface area contributed by atoms with Crippen molar-refractivity contribution in [2.24, 2.45) is 16.8 Å². The van der Waals surface area contributed by atoms with E-state index < -0.39 is 0 Å². The molecule has 3 atom stereocenters. The van der Waals surface area contributed by atoms with Crippen LogP contribution in [0.1, 0.15) is 37.8 Å². The van der Waals surface area contributed by atoms with Crippen molar-refractivity contribution in [1.29, 1.82) is 0 Å². The monoisotopic (exact) mass is 497 g/mol. The van der Waals surface area contributed by atoms with Crippen molar-refractivity contribution < 1.29 is 9.47 Å². The average Bonchev–Trinajstić information content (AvgIpc) is 3.30. The molecule has 2 fully saturated rings. The third-order valence-corrected chi connectivity index (χ3v) is 7.59. The number of benzene rings is 1. The fourth-order valence-corrected chi connectivity index (χ4v) is 5.61. The number of nitrogens with one attached hydrogen (secondary N) is 1. The molecule has 1 aromatic carbocycles. The summed E-state index contributed by atoms with van der Waals surface area (Å²) in [5.74, 6) is 1.88. The molecule has 1 unspecified atom stereocenters. The number of amidine groups is 1. The highest BCUT2D eigenvalue weighted by Crippen LogP contribution is 2.36. The lowest BCUT2D eigenvalue weighted by atomic mass is 9.90. The van der Waals surface area contributed by atoms with E-state index in [0.717, 1.165) is 73.0 Å². The van der Waals surface area contributed by atoms with E-state index >= 15 is 0 Å². The summed E-state index contributed by atoms with van der Waals surface area (Å²) in [5.41, 5.74) is 11.4. The van der Waals surface area contributed by atoms with E-state index in [1.165, 1.54) is 11.1 Å². The Morgan fingerprint density at radius 3 is 2.86 bits per heavy atom. The molecule has 3 aliphatic heterocycles. The van der Waals surface area contributed by atoms with Crippen LogP contribution in [0.4, 0.5) is 0 Å². The van der Waals surface area contributed by atoms with Crippen molar-refractivity contribution in [1.82, 2.24) is 10.2 Å². The Kier molecular flexibility index (Phi) is 8.07. The Morgan fingerprint density at radius 2 is 2.03 bits per heavy atom. The Morgan fingerprint density at radius 1 is 1.16 bits per heavy atom. The average molecular weight is 498 g/mol. The van der Waals surface area contributed by atoms with E-state index in [0.29, 0.717) is 25.0 Å². The molecule has 0 amide bonds. The van der Waals surface area contributed by atoms with E-state index in [2.05, 4.69) is 84.9 Å². The van der Waals surface area contributed by atoms with Gasteiger partial charge in [0.15, 0.2) is 0 Å². The largest absolute Gasteiger partial charge is 0.381 e. The lowest BCUT2D eigenvalue weighted by Gasteiger charge is -2.36. The fraction of sp³-hybridized carbons (Fsp3) is 0.438. The zero-order valence-electron chi connectivity index (χ0n) is 22.4. The predicted molar refractivity (Wildman–Crippen MR) is 151 cm³/mol. The van der Waals surface area contributed by atoms with Gasteiger partial charge in [-0.1, -0.05) is 37.8 Å². The normalized spacial score (nSPS) is 26.6. The quantitative estimate of drug-likeness (QED) is 0.562. The molecule has 37 heavy (non-hydrogen) atoms. The number of aliphatic imine (C=N–C) groups is 1. The lowest BCUT2D eigenvalue weighted by molar-refractivity contribution is 0.0334. The minimum atomic E-state index is 0.243. The van der Waals surface area contributed by atoms with Gasteiger partial charge in [0.25, 0.3) is 0 Å². The summed E-state index contributed by atoms with van der Waals surface area (Å²) in [5, 5.41) is 3.25. The second-order valence-electron chi connectivity index (χ2n) is 10.6. The van der Waals surface area contributed by atoms with Crippen LogP contribution in [0.3, 0.4) is 0 Å². The Bertz CT molecular complexity index is 1230. The van der Waals surface area contributed by atoms with Crippen molar-refractivity contribution in [2.45, 2.75) is 39.3 Å². The maximum Gasteiger partial charge on any atom is 0.137 e. The van der Waals surface area contributed by atoms with Crippen LogP contribution >= 0.6 is 0 Å². The summed E-state index contributed by atoms with van der Waals surface area (Å²) >= 11 is 0. The van der Waals surface area contributed by atoms with E-state index in [1.54, 1.807) is 0 Å². The van der Waals surface area contributed by atoms with Crippen LogP contribution in [-0.4, -0.2) is 56.8 Å². The molecule has 0 spiro atoms. The minimum Gasteiger partial charge on any atom is -0.381 e. The molecule has 5 nitrogen and oxygen atoms in total. The van der Waals surface area contributed by atoms with Gasteiger partial charge in [0.05, 0.1) is 19.3 Å². The van der Waals surface area contributed by atoms with Gasteiger partial charge >= 0.3 is 0 Å². The van der Waals surface area contributed by atoms with Crippen LogP contribution in [0.25, 0.3) is 5.57 Å². The molecule has 194 valence electrons. The van der Waals surface area contributed by atoms with Crippen LogP contribution in [0.2, 0.25) is 0 Å². The summed E-state index contributed by atoms with van der Waals surface area (Å²) in [7, 11) is 1.98. The maximum atomic E-state index is 5.86. The molecule has 0 radical (unpaired) electrons. The molecule has 0 aromatic heterocycles. The third-order valence-electron chi connectivity index (χ3n) is 7.59. The number of fused-ring (bicyclic) bond motifs is 1. The van der Waals surface area contributed by atoms with Crippen molar-refractivity contribution in [2.75, 3.05) is 40.0 Å². The van der Waals surface area contributed by atoms with Crippen molar-refractivity contribution in [3.63, 3.8) is 0 Å². The Hall–Kier alpha value is -2.95. The maximum absolute atomic E-state index is 5.86. The van der Waals surface area contributed by atoms with Crippen LogP contribution < -0.4 is 5.32 Å². The second-order valence-corrected chi connectivity index (χ2v) is 10.6. The Balaban J connectivity index is 1.59. The predicted octanol–water partition coefficient (Wildman–Crippen LogP) is 5.45. The van der Waals surface area contributed by atoms with Crippen molar-refractivity contribution in [3.05, 3.63) is 94.4 Å². The Labute approximate surface area is 221 Å². The van der Waals surface area contributed by atoms with E-state index in [-0.39, 0.29) is 6.04 Å². The smallest absolute Gasteiger partial charge is 0.137 e. The van der Waals surface area contributed by atoms with E-state index in [9.17, 15) is 0 Å². The number of nitrogens with zero attached hydrogens (tertiary/aromatic N) is 2. The number of rotatable bonds is 4. The molecular weight excluding hydrogens is 458 g/mol. The number of ether oxygens (including phenoxy) is 2. The van der Waals surface area contributed by atoms with Gasteiger partial charge in [-0.3, -0.25) is 0 Å². The minimum absolute atomic E-state index is 0.243. The molecule has 5 heteroatoms. The molecule has 4 aliphatic rings. The van der Waals surface area contributed by atoms with Crippen LogP contribution in [0, 0.1) is 11.8 Å². The van der Waals surface area contributed by atoms with E-state index in [1.807, 2.05) is 7.05 Å². The first-order chi connectivity index (χ1) is 18.0. The molecular formula is C32H39N3O2. The van der Waals surface area contributed by atoms with Gasteiger partial charge in [-0.05, 0) is 79.3 Å². The number of allylic oxidation sites excluding steroid dienone is 6. The number of hydrogen-bond acceptors (Lipinski definition) is 5. The van der Waals surface area contributed by atoms with Gasteiger partial charge in [0.1, 0.15) is 5.84 Å². The van der Waals surface area contributed by atoms with Crippen molar-refractivity contribution >= 4 is 11.4 Å². The van der Waals surface area contributed by atoms with Crippen LogP contribution in [0.15, 0.2) is 88.3 Å². The number of morpholine rings is 1. The first-order valence-electron chi connectivity index (χ1n) is 13.6. The van der Waals surface area contributed by atoms with Gasteiger partial charge in [0, 0.05) is 49.1 Å². The summed E-state index contributed by atoms with van der Waals surface area (Å²) in [4.78, 5) is 7.82. The summed E-state index contributed by atoms with van der Waals surface area (Å²) in [6.45, 7) is 13.7.